The second-order valence-electron chi connectivity index (χ2n) is 6.31. The molecule has 1 aromatic heterocycles. The van der Waals surface area contributed by atoms with Gasteiger partial charge in [0.2, 0.25) is 6.79 Å². The Hall–Kier alpha value is -3.71. The topological polar surface area (TPSA) is 68.1 Å². The number of hydrogen-bond donors (Lipinski definition) is 1. The van der Waals surface area contributed by atoms with E-state index in [1.54, 1.807) is 11.3 Å². The van der Waals surface area contributed by atoms with Crippen LogP contribution in [0.3, 0.4) is 0 Å². The molecular weight excluding hydrogens is 384 g/mol. The first-order chi connectivity index (χ1) is 14.3. The van der Waals surface area contributed by atoms with Gasteiger partial charge in [-0.2, -0.15) is 10.2 Å². The van der Waals surface area contributed by atoms with E-state index in [0.717, 1.165) is 45.0 Å². The van der Waals surface area contributed by atoms with Gasteiger partial charge in [0.25, 0.3) is 0 Å². The largest absolute Gasteiger partial charge is 0.454 e. The molecule has 0 unspecified atom stereocenters. The molecule has 5 rings (SSSR count). The molecule has 3 aromatic carbocycles. The van der Waals surface area contributed by atoms with Gasteiger partial charge in [0.05, 0.1) is 17.1 Å². The predicted molar refractivity (Wildman–Crippen MR) is 114 cm³/mol. The van der Waals surface area contributed by atoms with Crippen LogP contribution in [0.25, 0.3) is 11.3 Å². The van der Waals surface area contributed by atoms with Crippen molar-refractivity contribution in [3.05, 3.63) is 78.2 Å². The van der Waals surface area contributed by atoms with E-state index in [-0.39, 0.29) is 6.79 Å². The first-order valence-electron chi connectivity index (χ1n) is 9.03. The molecule has 0 spiro atoms. The minimum atomic E-state index is 0.265. The Labute approximate surface area is 171 Å². The summed E-state index contributed by atoms with van der Waals surface area (Å²) >= 11 is 1.55. The van der Waals surface area contributed by atoms with E-state index in [4.69, 9.17) is 9.47 Å². The van der Waals surface area contributed by atoms with Gasteiger partial charge in [0, 0.05) is 22.7 Å². The van der Waals surface area contributed by atoms with Crippen LogP contribution in [0.5, 0.6) is 11.5 Å². The van der Waals surface area contributed by atoms with Crippen LogP contribution < -0.4 is 14.8 Å². The van der Waals surface area contributed by atoms with Crippen molar-refractivity contribution < 1.29 is 9.47 Å². The third-order valence-electron chi connectivity index (χ3n) is 4.33. The van der Waals surface area contributed by atoms with E-state index in [9.17, 15) is 0 Å². The summed E-state index contributed by atoms with van der Waals surface area (Å²) in [7, 11) is 0. The van der Waals surface area contributed by atoms with Gasteiger partial charge < -0.3 is 14.8 Å². The molecule has 6 nitrogen and oxygen atoms in total. The van der Waals surface area contributed by atoms with Crippen molar-refractivity contribution in [3.63, 3.8) is 0 Å². The van der Waals surface area contributed by atoms with Gasteiger partial charge in [-0.05, 0) is 36.4 Å². The van der Waals surface area contributed by atoms with Crippen molar-refractivity contribution in [1.29, 1.82) is 0 Å². The zero-order chi connectivity index (χ0) is 19.5. The maximum atomic E-state index is 5.41. The van der Waals surface area contributed by atoms with Crippen LogP contribution >= 0.6 is 11.3 Å². The minimum absolute atomic E-state index is 0.265. The fourth-order valence-corrected chi connectivity index (χ4v) is 3.61. The molecule has 0 amide bonds. The molecule has 1 aliphatic heterocycles. The zero-order valence-electron chi connectivity index (χ0n) is 15.3. The maximum Gasteiger partial charge on any atom is 0.231 e. The number of azo groups is 1. The average molecular weight is 400 g/mol. The number of rotatable bonds is 5. The molecule has 0 aliphatic carbocycles. The number of nitrogens with one attached hydrogen (secondary N) is 1. The lowest BCUT2D eigenvalue weighted by Crippen LogP contribution is -1.93. The smallest absolute Gasteiger partial charge is 0.231 e. The zero-order valence-corrected chi connectivity index (χ0v) is 16.1. The van der Waals surface area contributed by atoms with E-state index < -0.39 is 0 Å². The lowest BCUT2D eigenvalue weighted by atomic mass is 10.1. The van der Waals surface area contributed by atoms with Crippen LogP contribution in [0.2, 0.25) is 0 Å². The fourth-order valence-electron chi connectivity index (χ4n) is 2.87. The summed E-state index contributed by atoms with van der Waals surface area (Å²) in [5.41, 5.74) is 4.47. The van der Waals surface area contributed by atoms with E-state index in [1.807, 2.05) is 78.2 Å². The molecule has 0 radical (unpaired) electrons. The van der Waals surface area contributed by atoms with E-state index >= 15 is 0 Å². The maximum absolute atomic E-state index is 5.41. The lowest BCUT2D eigenvalue weighted by molar-refractivity contribution is 0.174. The highest BCUT2D eigenvalue weighted by Gasteiger charge is 2.14. The molecule has 1 aliphatic rings. The highest BCUT2D eigenvalue weighted by molar-refractivity contribution is 7.14. The van der Waals surface area contributed by atoms with Gasteiger partial charge in [-0.3, -0.25) is 0 Å². The van der Waals surface area contributed by atoms with Crippen molar-refractivity contribution >= 4 is 33.5 Å². The minimum Gasteiger partial charge on any atom is -0.454 e. The summed E-state index contributed by atoms with van der Waals surface area (Å²) in [6, 6.07) is 23.3. The molecular formula is C22H16N4O2S. The summed E-state index contributed by atoms with van der Waals surface area (Å²) in [5.74, 6) is 1.51. The standard InChI is InChI=1S/C22H16N4O2S/c1-2-4-16(5-3-1)25-26-17-8-6-15(7-9-17)19-13-29-22(24-19)23-18-10-11-20-21(12-18)28-14-27-20/h1-13H,14H2,(H,23,24). The number of hydrogen-bond acceptors (Lipinski definition) is 7. The number of nitrogens with zero attached hydrogens (tertiary/aromatic N) is 3. The van der Waals surface area contributed by atoms with E-state index in [2.05, 4.69) is 20.5 Å². The summed E-state index contributed by atoms with van der Waals surface area (Å²) < 4.78 is 10.8. The van der Waals surface area contributed by atoms with Gasteiger partial charge >= 0.3 is 0 Å². The Morgan fingerprint density at radius 2 is 1.59 bits per heavy atom. The second kappa shape index (κ2) is 7.73. The first kappa shape index (κ1) is 17.4. The molecule has 1 N–H and O–H groups in total. The van der Waals surface area contributed by atoms with Crippen molar-refractivity contribution in [2.45, 2.75) is 0 Å². The van der Waals surface area contributed by atoms with Crippen molar-refractivity contribution in [3.8, 4) is 22.8 Å². The van der Waals surface area contributed by atoms with Crippen LogP contribution in [-0.2, 0) is 0 Å². The van der Waals surface area contributed by atoms with Crippen LogP contribution in [-0.4, -0.2) is 11.8 Å². The molecule has 0 saturated carbocycles. The van der Waals surface area contributed by atoms with Crippen molar-refractivity contribution in [2.24, 2.45) is 10.2 Å². The second-order valence-corrected chi connectivity index (χ2v) is 7.17. The summed E-state index contributed by atoms with van der Waals surface area (Å²) in [5, 5.41) is 14.7. The Morgan fingerprint density at radius 1 is 0.828 bits per heavy atom. The molecule has 0 saturated heterocycles. The number of anilines is 2. The Balaban J connectivity index is 1.28. The van der Waals surface area contributed by atoms with Crippen LogP contribution in [0.4, 0.5) is 22.2 Å². The Morgan fingerprint density at radius 3 is 2.41 bits per heavy atom. The van der Waals surface area contributed by atoms with Crippen LogP contribution in [0.15, 0.2) is 88.4 Å². The van der Waals surface area contributed by atoms with Gasteiger partial charge in [0.15, 0.2) is 16.6 Å². The molecule has 0 bridgehead atoms. The normalized spacial score (nSPS) is 12.4. The third kappa shape index (κ3) is 3.95. The quantitative estimate of drug-likeness (QED) is 0.379. The van der Waals surface area contributed by atoms with Gasteiger partial charge in [-0.1, -0.05) is 30.3 Å². The lowest BCUT2D eigenvalue weighted by Gasteiger charge is -2.03. The summed E-state index contributed by atoms with van der Waals surface area (Å²) in [6.07, 6.45) is 0. The SMILES string of the molecule is c1ccc(N=Nc2ccc(-c3csc(Nc4ccc5c(c4)OCO5)n3)cc2)cc1. The Kier molecular flexibility index (Phi) is 4.63. The molecule has 2 heterocycles. The monoisotopic (exact) mass is 400 g/mol. The number of ether oxygens (including phenoxy) is 2. The Bertz CT molecular complexity index is 1160. The highest BCUT2D eigenvalue weighted by Crippen LogP contribution is 2.36. The number of fused-ring (bicyclic) bond motifs is 1. The summed E-state index contributed by atoms with van der Waals surface area (Å²) in [6.45, 7) is 0.265. The molecule has 0 atom stereocenters. The molecule has 4 aromatic rings. The molecule has 0 fully saturated rings. The number of benzene rings is 3. The first-order valence-corrected chi connectivity index (χ1v) is 9.91. The summed E-state index contributed by atoms with van der Waals surface area (Å²) in [4.78, 5) is 4.67. The van der Waals surface area contributed by atoms with E-state index in [1.165, 1.54) is 0 Å². The van der Waals surface area contributed by atoms with Crippen LogP contribution in [0.1, 0.15) is 0 Å². The molecule has 29 heavy (non-hydrogen) atoms. The van der Waals surface area contributed by atoms with Gasteiger partial charge in [0.1, 0.15) is 0 Å². The highest BCUT2D eigenvalue weighted by atomic mass is 32.1. The predicted octanol–water partition coefficient (Wildman–Crippen LogP) is 6.70. The average Bonchev–Trinajstić information content (AvgIpc) is 3.43. The van der Waals surface area contributed by atoms with E-state index in [0.29, 0.717) is 0 Å². The number of aromatic nitrogens is 1. The number of thiazole rings is 1. The fraction of sp³-hybridized carbons (Fsp3) is 0.0455. The molecule has 7 heteroatoms. The van der Waals surface area contributed by atoms with Crippen molar-refractivity contribution in [2.75, 3.05) is 12.1 Å². The molecule has 142 valence electrons. The van der Waals surface area contributed by atoms with Gasteiger partial charge in [-0.15, -0.1) is 11.3 Å². The third-order valence-corrected chi connectivity index (χ3v) is 5.09. The van der Waals surface area contributed by atoms with Crippen molar-refractivity contribution in [1.82, 2.24) is 4.98 Å². The van der Waals surface area contributed by atoms with Crippen LogP contribution in [0, 0.1) is 0 Å². The van der Waals surface area contributed by atoms with Gasteiger partial charge in [-0.25, -0.2) is 4.98 Å².